The van der Waals surface area contributed by atoms with Crippen molar-refractivity contribution in [3.63, 3.8) is 0 Å². The number of ether oxygens (including phenoxy) is 1. The molecule has 1 rings (SSSR count). The molecule has 1 heterocycles. The fourth-order valence-corrected chi connectivity index (χ4v) is 1.13. The van der Waals surface area contributed by atoms with Gasteiger partial charge in [0, 0.05) is 26.2 Å². The minimum atomic E-state index is -0.132. The fraction of sp³-hybridized carbons (Fsp3) is 0.875. The molecule has 13 heavy (non-hydrogen) atoms. The normalized spacial score (nSPS) is 18.1. The van der Waals surface area contributed by atoms with Crippen molar-refractivity contribution in [2.24, 2.45) is 5.92 Å². The van der Waals surface area contributed by atoms with Gasteiger partial charge in [0.15, 0.2) is 0 Å². The zero-order valence-corrected chi connectivity index (χ0v) is 9.06. The van der Waals surface area contributed by atoms with Crippen LogP contribution in [0.4, 0.5) is 0 Å². The Hall–Kier alpha value is -0.260. The average molecular weight is 206 g/mol. The summed E-state index contributed by atoms with van der Waals surface area (Å²) in [5.74, 6) is -0.158. The maximum atomic E-state index is 11.0. The minimum absolute atomic E-state index is 0.0255. The number of rotatable bonds is 1. The molecule has 1 aliphatic heterocycles. The zero-order valence-electron chi connectivity index (χ0n) is 8.17. The molecule has 0 amide bonds. The van der Waals surface area contributed by atoms with Gasteiger partial charge >= 0.3 is 5.97 Å². The highest BCUT2D eigenvalue weighted by Gasteiger charge is 2.19. The predicted molar refractivity (Wildman–Crippen MR) is 56.2 cm³/mol. The molecule has 0 aromatic rings. The second kappa shape index (κ2) is 8.34. The highest BCUT2D eigenvalue weighted by atomic mass is 32.1. The summed E-state index contributed by atoms with van der Waals surface area (Å²) in [6.07, 6.45) is 1.69. The van der Waals surface area contributed by atoms with Gasteiger partial charge in [-0.3, -0.25) is 4.79 Å². The van der Waals surface area contributed by atoms with Gasteiger partial charge in [-0.15, -0.1) is 0 Å². The SMILES string of the molecule is COC(=O)C1CNCCNC1.CS. The molecule has 4 nitrogen and oxygen atoms in total. The van der Waals surface area contributed by atoms with E-state index in [2.05, 4.69) is 28.0 Å². The summed E-state index contributed by atoms with van der Waals surface area (Å²) in [7, 11) is 1.42. The Morgan fingerprint density at radius 2 is 1.77 bits per heavy atom. The molecular formula is C8H18N2O2S. The van der Waals surface area contributed by atoms with Crippen LogP contribution in [0.25, 0.3) is 0 Å². The maximum absolute atomic E-state index is 11.0. The molecule has 0 aromatic heterocycles. The van der Waals surface area contributed by atoms with Crippen LogP contribution in [-0.4, -0.2) is 45.5 Å². The third-order valence-electron chi connectivity index (χ3n) is 1.79. The van der Waals surface area contributed by atoms with Crippen molar-refractivity contribution >= 4 is 18.6 Å². The summed E-state index contributed by atoms with van der Waals surface area (Å²) in [4.78, 5) is 11.0. The Morgan fingerprint density at radius 1 is 1.31 bits per heavy atom. The molecule has 0 bridgehead atoms. The van der Waals surface area contributed by atoms with Crippen LogP contribution in [0, 0.1) is 5.92 Å². The first kappa shape index (κ1) is 12.7. The van der Waals surface area contributed by atoms with E-state index in [4.69, 9.17) is 0 Å². The van der Waals surface area contributed by atoms with Crippen molar-refractivity contribution < 1.29 is 9.53 Å². The first-order chi connectivity index (χ1) is 6.34. The molecule has 1 fully saturated rings. The van der Waals surface area contributed by atoms with Gasteiger partial charge in [-0.2, -0.15) is 12.6 Å². The van der Waals surface area contributed by atoms with Gasteiger partial charge in [-0.05, 0) is 6.26 Å². The molecule has 5 heteroatoms. The molecule has 0 spiro atoms. The molecule has 1 aliphatic rings. The molecule has 0 unspecified atom stereocenters. The van der Waals surface area contributed by atoms with E-state index in [0.29, 0.717) is 0 Å². The van der Waals surface area contributed by atoms with Crippen LogP contribution >= 0.6 is 12.6 Å². The molecule has 78 valence electrons. The van der Waals surface area contributed by atoms with Crippen LogP contribution in [0.15, 0.2) is 0 Å². The Morgan fingerprint density at radius 3 is 2.15 bits per heavy atom. The van der Waals surface area contributed by atoms with Gasteiger partial charge < -0.3 is 15.4 Å². The lowest BCUT2D eigenvalue weighted by molar-refractivity contribution is -0.144. The van der Waals surface area contributed by atoms with Crippen LogP contribution in [0.3, 0.4) is 0 Å². The smallest absolute Gasteiger partial charge is 0.311 e. The van der Waals surface area contributed by atoms with E-state index in [-0.39, 0.29) is 11.9 Å². The summed E-state index contributed by atoms with van der Waals surface area (Å²) in [5, 5.41) is 6.30. The van der Waals surface area contributed by atoms with Crippen LogP contribution in [0.1, 0.15) is 0 Å². The number of methoxy groups -OCH3 is 1. The third-order valence-corrected chi connectivity index (χ3v) is 1.79. The van der Waals surface area contributed by atoms with Gasteiger partial charge in [-0.25, -0.2) is 0 Å². The summed E-state index contributed by atoms with van der Waals surface area (Å²) < 4.78 is 4.63. The molecule has 0 saturated carbocycles. The monoisotopic (exact) mass is 206 g/mol. The second-order valence-corrected chi connectivity index (χ2v) is 2.63. The second-order valence-electron chi connectivity index (χ2n) is 2.63. The lowest BCUT2D eigenvalue weighted by atomic mass is 10.1. The topological polar surface area (TPSA) is 50.4 Å². The van der Waals surface area contributed by atoms with E-state index in [9.17, 15) is 4.79 Å². The number of nitrogens with one attached hydrogen (secondary N) is 2. The van der Waals surface area contributed by atoms with E-state index in [1.807, 2.05) is 0 Å². The van der Waals surface area contributed by atoms with E-state index in [1.165, 1.54) is 7.11 Å². The molecule has 0 aromatic carbocycles. The highest BCUT2D eigenvalue weighted by Crippen LogP contribution is 1.97. The molecule has 0 aliphatic carbocycles. The number of hydrogen-bond donors (Lipinski definition) is 3. The Balaban J connectivity index is 0.000000671. The largest absolute Gasteiger partial charge is 0.469 e. The number of thiol groups is 1. The van der Waals surface area contributed by atoms with Gasteiger partial charge in [0.05, 0.1) is 13.0 Å². The van der Waals surface area contributed by atoms with Gasteiger partial charge in [-0.1, -0.05) is 0 Å². The van der Waals surface area contributed by atoms with E-state index >= 15 is 0 Å². The van der Waals surface area contributed by atoms with Crippen molar-refractivity contribution in [3.8, 4) is 0 Å². The van der Waals surface area contributed by atoms with Crippen LogP contribution in [0.2, 0.25) is 0 Å². The molecule has 0 atom stereocenters. The van der Waals surface area contributed by atoms with Crippen molar-refractivity contribution in [2.45, 2.75) is 0 Å². The molecule has 1 saturated heterocycles. The Labute approximate surface area is 84.8 Å². The third kappa shape index (κ3) is 5.13. The lowest BCUT2D eigenvalue weighted by Gasteiger charge is -2.10. The number of carbonyl (C=O) groups is 1. The lowest BCUT2D eigenvalue weighted by Crippen LogP contribution is -2.31. The maximum Gasteiger partial charge on any atom is 0.311 e. The molecule has 2 N–H and O–H groups in total. The zero-order chi connectivity index (χ0) is 10.1. The van der Waals surface area contributed by atoms with Crippen LogP contribution < -0.4 is 10.6 Å². The van der Waals surface area contributed by atoms with Crippen molar-refractivity contribution in [2.75, 3.05) is 39.5 Å². The fourth-order valence-electron chi connectivity index (χ4n) is 1.13. The molecular weight excluding hydrogens is 188 g/mol. The van der Waals surface area contributed by atoms with Crippen LogP contribution in [-0.2, 0) is 9.53 Å². The first-order valence-corrected chi connectivity index (χ1v) is 5.18. The highest BCUT2D eigenvalue weighted by molar-refractivity contribution is 7.79. The summed E-state index contributed by atoms with van der Waals surface area (Å²) in [5.41, 5.74) is 0. The summed E-state index contributed by atoms with van der Waals surface area (Å²) in [6, 6.07) is 0. The van der Waals surface area contributed by atoms with Crippen molar-refractivity contribution in [1.82, 2.24) is 10.6 Å². The standard InChI is InChI=1S/C7H14N2O2.CH4S/c1-11-7(10)6-4-8-2-3-9-5-6;1-2/h6,8-9H,2-5H2,1H3;2H,1H3. The Bertz CT molecular complexity index is 136. The number of hydrogen-bond acceptors (Lipinski definition) is 5. The number of esters is 1. The summed E-state index contributed by atoms with van der Waals surface area (Å²) >= 11 is 3.53. The summed E-state index contributed by atoms with van der Waals surface area (Å²) in [6.45, 7) is 3.29. The van der Waals surface area contributed by atoms with Gasteiger partial charge in [0.1, 0.15) is 0 Å². The molecule has 0 radical (unpaired) electrons. The van der Waals surface area contributed by atoms with Gasteiger partial charge in [0.25, 0.3) is 0 Å². The Kier molecular flexibility index (Phi) is 8.18. The predicted octanol–water partition coefficient (Wildman–Crippen LogP) is -0.486. The van der Waals surface area contributed by atoms with E-state index in [1.54, 1.807) is 6.26 Å². The number of carbonyl (C=O) groups excluding carboxylic acids is 1. The van der Waals surface area contributed by atoms with Crippen molar-refractivity contribution in [3.05, 3.63) is 0 Å². The minimum Gasteiger partial charge on any atom is -0.469 e. The van der Waals surface area contributed by atoms with Gasteiger partial charge in [0.2, 0.25) is 0 Å². The van der Waals surface area contributed by atoms with Crippen molar-refractivity contribution in [1.29, 1.82) is 0 Å². The quantitative estimate of drug-likeness (QED) is 0.400. The van der Waals surface area contributed by atoms with E-state index in [0.717, 1.165) is 26.2 Å². The van der Waals surface area contributed by atoms with Crippen LogP contribution in [0.5, 0.6) is 0 Å². The average Bonchev–Trinajstić information content (AvgIpc) is 2.48. The van der Waals surface area contributed by atoms with E-state index < -0.39 is 0 Å². The first-order valence-electron chi connectivity index (χ1n) is 4.28.